The number of rotatable bonds is 3. The number of cyclic esters (lactones) is 1. The van der Waals surface area contributed by atoms with Crippen LogP contribution in [0, 0.1) is 34.5 Å². The van der Waals surface area contributed by atoms with Gasteiger partial charge in [-0.3, -0.25) is 0 Å². The first kappa shape index (κ1) is 26.2. The molecule has 5 fully saturated rings. The van der Waals surface area contributed by atoms with Crippen LogP contribution in [0.15, 0.2) is 11.6 Å². The Morgan fingerprint density at radius 2 is 1.73 bits per heavy atom. The van der Waals surface area contributed by atoms with E-state index in [9.17, 15) is 25.2 Å². The van der Waals surface area contributed by atoms with Crippen molar-refractivity contribution in [1.82, 2.24) is 0 Å². The molecule has 8 heteroatoms. The molecule has 6 rings (SSSR count). The van der Waals surface area contributed by atoms with Gasteiger partial charge in [0.25, 0.3) is 0 Å². The second kappa shape index (κ2) is 9.00. The summed E-state index contributed by atoms with van der Waals surface area (Å²) in [5.74, 6) is 1.14. The molecule has 208 valence electrons. The molecule has 1 saturated heterocycles. The third-order valence-corrected chi connectivity index (χ3v) is 12.1. The van der Waals surface area contributed by atoms with E-state index in [0.29, 0.717) is 18.4 Å². The molecular formula is C29H44O8. The van der Waals surface area contributed by atoms with Crippen LogP contribution >= 0.6 is 0 Å². The van der Waals surface area contributed by atoms with E-state index in [-0.39, 0.29) is 34.7 Å². The molecule has 0 aromatic carbocycles. The highest BCUT2D eigenvalue weighted by Gasteiger charge is 2.67. The molecule has 0 unspecified atom stereocenters. The number of carbonyl (C=O) groups is 1. The zero-order valence-electron chi connectivity index (χ0n) is 22.3. The molecule has 13 atom stereocenters. The Labute approximate surface area is 219 Å². The maximum Gasteiger partial charge on any atom is 0.331 e. The summed E-state index contributed by atoms with van der Waals surface area (Å²) in [5, 5.41) is 43.0. The van der Waals surface area contributed by atoms with Gasteiger partial charge in [-0.1, -0.05) is 13.8 Å². The molecule has 0 bridgehead atoms. The Balaban J connectivity index is 1.16. The van der Waals surface area contributed by atoms with Gasteiger partial charge in [-0.2, -0.15) is 0 Å². The van der Waals surface area contributed by atoms with Crippen LogP contribution in [-0.2, 0) is 19.0 Å². The fourth-order valence-corrected chi connectivity index (χ4v) is 9.81. The molecule has 6 aliphatic rings. The molecule has 2 heterocycles. The highest BCUT2D eigenvalue weighted by atomic mass is 16.7. The largest absolute Gasteiger partial charge is 0.458 e. The standard InChI is InChI=1S/C29H44O8/c1-15-23(31)24(32)25(33)26(36-15)37-18-6-9-27(2)17(13-18)4-5-21-20(27)7-10-28(3)19(8-11-29(21,28)34)16-12-22(30)35-14-16/h12,15,17-21,23-26,31-34H,4-11,13-14H2,1-3H3/t15-,17-,18+,19-,20+,21-,23-,24-,25-,26-,27+,28-,29+/m1/s1. The summed E-state index contributed by atoms with van der Waals surface area (Å²) < 4.78 is 17.2. The van der Waals surface area contributed by atoms with Gasteiger partial charge in [-0.05, 0) is 99.4 Å². The summed E-state index contributed by atoms with van der Waals surface area (Å²) in [6, 6.07) is 0. The van der Waals surface area contributed by atoms with Crippen LogP contribution in [0.25, 0.3) is 0 Å². The number of carbonyl (C=O) groups excluding carboxylic acids is 1. The van der Waals surface area contributed by atoms with E-state index in [1.54, 1.807) is 13.0 Å². The summed E-state index contributed by atoms with van der Waals surface area (Å²) in [6.07, 6.45) is 4.88. The Hall–Kier alpha value is -1.03. The van der Waals surface area contributed by atoms with Crippen molar-refractivity contribution in [2.24, 2.45) is 34.5 Å². The molecule has 0 aromatic rings. The van der Waals surface area contributed by atoms with Gasteiger partial charge in [-0.25, -0.2) is 4.79 Å². The molecule has 0 amide bonds. The van der Waals surface area contributed by atoms with Crippen molar-refractivity contribution in [2.75, 3.05) is 6.61 Å². The van der Waals surface area contributed by atoms with Crippen LogP contribution in [0.2, 0.25) is 0 Å². The average Bonchev–Trinajstić information content (AvgIpc) is 3.41. The smallest absolute Gasteiger partial charge is 0.331 e. The highest BCUT2D eigenvalue weighted by molar-refractivity contribution is 5.85. The first-order valence-electron chi connectivity index (χ1n) is 14.4. The van der Waals surface area contributed by atoms with Crippen molar-refractivity contribution in [2.45, 2.75) is 121 Å². The zero-order chi connectivity index (χ0) is 26.3. The van der Waals surface area contributed by atoms with Gasteiger partial charge in [0.1, 0.15) is 24.9 Å². The third-order valence-electron chi connectivity index (χ3n) is 12.1. The van der Waals surface area contributed by atoms with Crippen molar-refractivity contribution in [3.63, 3.8) is 0 Å². The van der Waals surface area contributed by atoms with Gasteiger partial charge in [0.2, 0.25) is 0 Å². The van der Waals surface area contributed by atoms with Gasteiger partial charge < -0.3 is 34.6 Å². The van der Waals surface area contributed by atoms with E-state index in [0.717, 1.165) is 63.4 Å². The maximum absolute atomic E-state index is 12.4. The minimum Gasteiger partial charge on any atom is -0.458 e. The van der Waals surface area contributed by atoms with Crippen molar-refractivity contribution < 1.29 is 39.4 Å². The van der Waals surface area contributed by atoms with Gasteiger partial charge in [0.05, 0.1) is 17.8 Å². The summed E-state index contributed by atoms with van der Waals surface area (Å²) in [5.41, 5.74) is 0.243. The van der Waals surface area contributed by atoms with E-state index >= 15 is 0 Å². The van der Waals surface area contributed by atoms with Crippen molar-refractivity contribution in [3.05, 3.63) is 11.6 Å². The van der Waals surface area contributed by atoms with Crippen molar-refractivity contribution in [3.8, 4) is 0 Å². The molecule has 4 saturated carbocycles. The molecule has 0 radical (unpaired) electrons. The summed E-state index contributed by atoms with van der Waals surface area (Å²) in [7, 11) is 0. The molecule has 2 aliphatic heterocycles. The van der Waals surface area contributed by atoms with Crippen molar-refractivity contribution in [1.29, 1.82) is 0 Å². The summed E-state index contributed by atoms with van der Waals surface area (Å²) in [6.45, 7) is 6.73. The summed E-state index contributed by atoms with van der Waals surface area (Å²) >= 11 is 0. The normalized spacial score (nSPS) is 55.6. The monoisotopic (exact) mass is 520 g/mol. The number of hydrogen-bond donors (Lipinski definition) is 4. The molecular weight excluding hydrogens is 476 g/mol. The number of hydrogen-bond acceptors (Lipinski definition) is 8. The topological polar surface area (TPSA) is 126 Å². The van der Waals surface area contributed by atoms with E-state index in [1.807, 2.05) is 0 Å². The Bertz CT molecular complexity index is 952. The fraction of sp³-hybridized carbons (Fsp3) is 0.897. The van der Waals surface area contributed by atoms with Gasteiger partial charge in [-0.15, -0.1) is 0 Å². The van der Waals surface area contributed by atoms with Gasteiger partial charge in [0, 0.05) is 11.5 Å². The quantitative estimate of drug-likeness (QED) is 0.330. The van der Waals surface area contributed by atoms with Crippen LogP contribution in [0.4, 0.5) is 0 Å². The minimum absolute atomic E-state index is 0.0661. The predicted octanol–water partition coefficient (Wildman–Crippen LogP) is 2.46. The first-order valence-corrected chi connectivity index (χ1v) is 14.4. The van der Waals surface area contributed by atoms with E-state index in [2.05, 4.69) is 13.8 Å². The second-order valence-corrected chi connectivity index (χ2v) is 13.5. The summed E-state index contributed by atoms with van der Waals surface area (Å²) in [4.78, 5) is 11.8. The molecule has 8 nitrogen and oxygen atoms in total. The predicted molar refractivity (Wildman–Crippen MR) is 133 cm³/mol. The first-order chi connectivity index (χ1) is 17.5. The number of esters is 1. The molecule has 0 spiro atoms. The SMILES string of the molecule is C[C@H]1O[C@H](O[C@H]2CC[C@@]3(C)[C@H](CC[C@@H]4[C@@H]3CC[C@]3(C)[C@@H](C5=CC(=O)OC5)CC[C@]43O)C2)[C@H](O)[C@H](O)[C@@H]1O. The lowest BCUT2D eigenvalue weighted by Crippen LogP contribution is -2.62. The molecule has 0 aromatic heterocycles. The van der Waals surface area contributed by atoms with E-state index in [4.69, 9.17) is 14.2 Å². The Kier molecular flexibility index (Phi) is 6.37. The zero-order valence-corrected chi connectivity index (χ0v) is 22.3. The number of aliphatic hydroxyl groups excluding tert-OH is 3. The van der Waals surface area contributed by atoms with Crippen LogP contribution in [0.5, 0.6) is 0 Å². The third kappa shape index (κ3) is 3.80. The van der Waals surface area contributed by atoms with E-state index in [1.165, 1.54) is 0 Å². The Morgan fingerprint density at radius 1 is 0.946 bits per heavy atom. The van der Waals surface area contributed by atoms with Crippen LogP contribution in [-0.4, -0.2) is 75.4 Å². The minimum atomic E-state index is -1.28. The molecule has 37 heavy (non-hydrogen) atoms. The molecule has 4 aliphatic carbocycles. The van der Waals surface area contributed by atoms with Crippen molar-refractivity contribution >= 4 is 5.97 Å². The van der Waals surface area contributed by atoms with Crippen LogP contribution in [0.3, 0.4) is 0 Å². The number of ether oxygens (including phenoxy) is 3. The van der Waals surface area contributed by atoms with Crippen LogP contribution in [0.1, 0.15) is 78.6 Å². The second-order valence-electron chi connectivity index (χ2n) is 13.5. The Morgan fingerprint density at radius 3 is 2.46 bits per heavy atom. The number of fused-ring (bicyclic) bond motifs is 5. The number of aliphatic hydroxyl groups is 4. The fourth-order valence-electron chi connectivity index (χ4n) is 9.81. The van der Waals surface area contributed by atoms with E-state index < -0.39 is 36.3 Å². The van der Waals surface area contributed by atoms with Crippen LogP contribution < -0.4 is 0 Å². The average molecular weight is 521 g/mol. The lowest BCUT2D eigenvalue weighted by molar-refractivity contribution is -0.310. The highest BCUT2D eigenvalue weighted by Crippen LogP contribution is 2.70. The lowest BCUT2D eigenvalue weighted by Gasteiger charge is -2.64. The lowest BCUT2D eigenvalue weighted by atomic mass is 9.43. The maximum atomic E-state index is 12.4. The van der Waals surface area contributed by atoms with Gasteiger partial charge in [0.15, 0.2) is 6.29 Å². The molecule has 4 N–H and O–H groups in total. The van der Waals surface area contributed by atoms with Gasteiger partial charge >= 0.3 is 5.97 Å².